The monoisotopic (exact) mass is 217 g/mol. The van der Waals surface area contributed by atoms with Crippen LogP contribution in [0, 0.1) is 0 Å². The zero-order chi connectivity index (χ0) is 11.7. The molecule has 1 aliphatic rings. The van der Waals surface area contributed by atoms with Gasteiger partial charge >= 0.3 is 5.97 Å². The van der Waals surface area contributed by atoms with Gasteiger partial charge in [0.05, 0.1) is 13.2 Å². The molecule has 1 aliphatic heterocycles. The normalized spacial score (nSPS) is 25.9. The molecular weight excluding hydrogens is 198 g/mol. The SMILES string of the molecule is CC(O)(CN1CCOCC1(C)C)C(=O)O. The van der Waals surface area contributed by atoms with Gasteiger partial charge in [0.25, 0.3) is 0 Å². The molecule has 1 heterocycles. The summed E-state index contributed by atoms with van der Waals surface area (Å²) in [6.45, 7) is 7.19. The lowest BCUT2D eigenvalue weighted by atomic mass is 9.98. The highest BCUT2D eigenvalue weighted by Crippen LogP contribution is 2.21. The molecule has 2 N–H and O–H groups in total. The number of carboxylic acid groups (broad SMARTS) is 1. The Morgan fingerprint density at radius 2 is 2.20 bits per heavy atom. The molecule has 1 fully saturated rings. The average molecular weight is 217 g/mol. The minimum absolute atomic E-state index is 0.124. The van der Waals surface area contributed by atoms with Crippen molar-refractivity contribution in [2.75, 3.05) is 26.3 Å². The van der Waals surface area contributed by atoms with Crippen molar-refractivity contribution in [1.29, 1.82) is 0 Å². The summed E-state index contributed by atoms with van der Waals surface area (Å²) in [6, 6.07) is 0. The maximum Gasteiger partial charge on any atom is 0.336 e. The first-order valence-electron chi connectivity index (χ1n) is 5.04. The van der Waals surface area contributed by atoms with Crippen LogP contribution in [0.15, 0.2) is 0 Å². The van der Waals surface area contributed by atoms with Gasteiger partial charge in [-0.3, -0.25) is 4.90 Å². The number of carboxylic acids is 1. The zero-order valence-corrected chi connectivity index (χ0v) is 9.49. The van der Waals surface area contributed by atoms with Crippen molar-refractivity contribution in [2.24, 2.45) is 0 Å². The highest BCUT2D eigenvalue weighted by atomic mass is 16.5. The number of rotatable bonds is 3. The Balaban J connectivity index is 2.67. The molecule has 5 nitrogen and oxygen atoms in total. The van der Waals surface area contributed by atoms with Crippen LogP contribution >= 0.6 is 0 Å². The van der Waals surface area contributed by atoms with E-state index in [1.807, 2.05) is 18.7 Å². The number of aliphatic carboxylic acids is 1. The minimum atomic E-state index is -1.70. The van der Waals surface area contributed by atoms with Gasteiger partial charge < -0.3 is 14.9 Å². The van der Waals surface area contributed by atoms with Crippen LogP contribution in [-0.4, -0.2) is 58.5 Å². The number of β-amino-alcohol motifs (C(OH)–C–C–N with tert-alkyl or cyclic N) is 1. The van der Waals surface area contributed by atoms with Crippen molar-refractivity contribution in [2.45, 2.75) is 31.9 Å². The minimum Gasteiger partial charge on any atom is -0.479 e. The molecule has 0 aliphatic carbocycles. The van der Waals surface area contributed by atoms with Crippen molar-refractivity contribution in [3.05, 3.63) is 0 Å². The first kappa shape index (κ1) is 12.4. The van der Waals surface area contributed by atoms with Gasteiger partial charge in [-0.25, -0.2) is 4.79 Å². The molecule has 0 spiro atoms. The fraction of sp³-hybridized carbons (Fsp3) is 0.900. The van der Waals surface area contributed by atoms with E-state index in [4.69, 9.17) is 9.84 Å². The lowest BCUT2D eigenvalue weighted by Gasteiger charge is -2.44. The van der Waals surface area contributed by atoms with E-state index in [2.05, 4.69) is 0 Å². The molecule has 0 radical (unpaired) electrons. The predicted molar refractivity (Wildman–Crippen MR) is 54.7 cm³/mol. The summed E-state index contributed by atoms with van der Waals surface area (Å²) in [5, 5.41) is 18.5. The molecular formula is C10H19NO4. The van der Waals surface area contributed by atoms with E-state index in [1.54, 1.807) is 0 Å². The number of hydrogen-bond donors (Lipinski definition) is 2. The van der Waals surface area contributed by atoms with Gasteiger partial charge in [-0.1, -0.05) is 0 Å². The highest BCUT2D eigenvalue weighted by molar-refractivity contribution is 5.76. The Hall–Kier alpha value is -0.650. The number of carbonyl (C=O) groups is 1. The van der Waals surface area contributed by atoms with Crippen LogP contribution < -0.4 is 0 Å². The predicted octanol–water partition coefficient (Wildman–Crippen LogP) is -0.0672. The standard InChI is InChI=1S/C10H19NO4/c1-9(2)7-15-5-4-11(9)6-10(3,14)8(12)13/h14H,4-7H2,1-3H3,(H,12,13). The number of ether oxygens (including phenoxy) is 1. The van der Waals surface area contributed by atoms with E-state index in [0.29, 0.717) is 19.8 Å². The smallest absolute Gasteiger partial charge is 0.336 e. The van der Waals surface area contributed by atoms with Crippen molar-refractivity contribution < 1.29 is 19.7 Å². The third kappa shape index (κ3) is 2.90. The summed E-state index contributed by atoms with van der Waals surface area (Å²) < 4.78 is 5.32. The second-order valence-electron chi connectivity index (χ2n) is 4.87. The maximum atomic E-state index is 10.8. The molecule has 1 rings (SSSR count). The van der Waals surface area contributed by atoms with Gasteiger partial charge in [0.1, 0.15) is 0 Å². The summed E-state index contributed by atoms with van der Waals surface area (Å²) in [7, 11) is 0. The molecule has 15 heavy (non-hydrogen) atoms. The zero-order valence-electron chi connectivity index (χ0n) is 9.49. The van der Waals surface area contributed by atoms with Crippen LogP contribution in [0.2, 0.25) is 0 Å². The molecule has 0 aromatic carbocycles. The fourth-order valence-electron chi connectivity index (χ4n) is 1.62. The molecule has 1 saturated heterocycles. The van der Waals surface area contributed by atoms with Crippen LogP contribution in [-0.2, 0) is 9.53 Å². The summed E-state index contributed by atoms with van der Waals surface area (Å²) >= 11 is 0. The molecule has 5 heteroatoms. The fourth-order valence-corrected chi connectivity index (χ4v) is 1.62. The van der Waals surface area contributed by atoms with Gasteiger partial charge in [0.2, 0.25) is 0 Å². The Bertz CT molecular complexity index is 250. The van der Waals surface area contributed by atoms with E-state index in [-0.39, 0.29) is 12.1 Å². The van der Waals surface area contributed by atoms with Crippen molar-refractivity contribution >= 4 is 5.97 Å². The summed E-state index contributed by atoms with van der Waals surface area (Å²) in [5.74, 6) is -1.19. The molecule has 0 aromatic rings. The summed E-state index contributed by atoms with van der Waals surface area (Å²) in [4.78, 5) is 12.7. The second kappa shape index (κ2) is 4.08. The van der Waals surface area contributed by atoms with Crippen LogP contribution in [0.25, 0.3) is 0 Å². The number of nitrogens with zero attached hydrogens (tertiary/aromatic N) is 1. The van der Waals surface area contributed by atoms with Crippen molar-refractivity contribution in [1.82, 2.24) is 4.90 Å². The average Bonchev–Trinajstić information content (AvgIpc) is 2.08. The summed E-state index contributed by atoms with van der Waals surface area (Å²) in [6.07, 6.45) is 0. The molecule has 0 amide bonds. The lowest BCUT2D eigenvalue weighted by Crippen LogP contribution is -2.59. The van der Waals surface area contributed by atoms with Crippen molar-refractivity contribution in [3.8, 4) is 0 Å². The first-order chi connectivity index (χ1) is 6.76. The van der Waals surface area contributed by atoms with Gasteiger partial charge in [-0.15, -0.1) is 0 Å². The third-order valence-corrected chi connectivity index (χ3v) is 2.78. The van der Waals surface area contributed by atoms with Gasteiger partial charge in [-0.2, -0.15) is 0 Å². The molecule has 1 unspecified atom stereocenters. The molecule has 0 saturated carbocycles. The topological polar surface area (TPSA) is 70.0 Å². The molecule has 88 valence electrons. The van der Waals surface area contributed by atoms with Crippen LogP contribution in [0.5, 0.6) is 0 Å². The van der Waals surface area contributed by atoms with E-state index in [1.165, 1.54) is 6.92 Å². The molecule has 1 atom stereocenters. The highest BCUT2D eigenvalue weighted by Gasteiger charge is 2.39. The molecule has 0 aromatic heterocycles. The van der Waals surface area contributed by atoms with E-state index in [0.717, 1.165) is 0 Å². The largest absolute Gasteiger partial charge is 0.479 e. The quantitative estimate of drug-likeness (QED) is 0.692. The molecule has 0 bridgehead atoms. The van der Waals surface area contributed by atoms with Gasteiger partial charge in [-0.05, 0) is 20.8 Å². The maximum absolute atomic E-state index is 10.8. The van der Waals surface area contributed by atoms with E-state index >= 15 is 0 Å². The van der Waals surface area contributed by atoms with Crippen LogP contribution in [0.1, 0.15) is 20.8 Å². The second-order valence-corrected chi connectivity index (χ2v) is 4.87. The Labute approximate surface area is 89.6 Å². The van der Waals surface area contributed by atoms with Gasteiger partial charge in [0, 0.05) is 18.6 Å². The Morgan fingerprint density at radius 3 is 2.67 bits per heavy atom. The number of hydrogen-bond acceptors (Lipinski definition) is 4. The van der Waals surface area contributed by atoms with Crippen molar-refractivity contribution in [3.63, 3.8) is 0 Å². The summed E-state index contributed by atoms with van der Waals surface area (Å²) in [5.41, 5.74) is -1.92. The number of aliphatic hydroxyl groups is 1. The van der Waals surface area contributed by atoms with E-state index < -0.39 is 11.6 Å². The first-order valence-corrected chi connectivity index (χ1v) is 5.04. The van der Waals surface area contributed by atoms with Crippen LogP contribution in [0.4, 0.5) is 0 Å². The van der Waals surface area contributed by atoms with Gasteiger partial charge in [0.15, 0.2) is 5.60 Å². The Morgan fingerprint density at radius 1 is 1.60 bits per heavy atom. The van der Waals surface area contributed by atoms with Crippen LogP contribution in [0.3, 0.4) is 0 Å². The lowest BCUT2D eigenvalue weighted by molar-refractivity contribution is -0.163. The Kier molecular flexibility index (Phi) is 3.38. The number of morpholine rings is 1. The van der Waals surface area contributed by atoms with E-state index in [9.17, 15) is 9.90 Å². The third-order valence-electron chi connectivity index (χ3n) is 2.78.